The smallest absolute Gasteiger partial charge is 0.253 e. The highest BCUT2D eigenvalue weighted by Crippen LogP contribution is 2.29. The van der Waals surface area contributed by atoms with Gasteiger partial charge < -0.3 is 19.7 Å². The Morgan fingerprint density at radius 1 is 1.43 bits per heavy atom. The first-order valence-corrected chi connectivity index (χ1v) is 8.12. The van der Waals surface area contributed by atoms with Crippen LogP contribution in [-0.4, -0.2) is 35.3 Å². The molecule has 0 aliphatic heterocycles. The normalized spacial score (nSPS) is 12.4. The Bertz CT molecular complexity index is 689. The van der Waals surface area contributed by atoms with Crippen molar-refractivity contribution in [2.45, 2.75) is 46.3 Å². The number of amides is 1. The monoisotopic (exact) mass is 318 g/mol. The molecule has 0 aliphatic carbocycles. The first-order chi connectivity index (χ1) is 11.0. The van der Waals surface area contributed by atoms with Crippen molar-refractivity contribution in [3.05, 3.63) is 29.5 Å². The summed E-state index contributed by atoms with van der Waals surface area (Å²) in [5.74, 6) is 0.639. The SMILES string of the molecule is CCCn1c(C)c(C(=O)NCCC(C)O)c2cc(OC)ccc21. The van der Waals surface area contributed by atoms with E-state index in [2.05, 4.69) is 16.8 Å². The highest BCUT2D eigenvalue weighted by molar-refractivity contribution is 6.08. The molecule has 0 fully saturated rings. The fraction of sp³-hybridized carbons (Fsp3) is 0.500. The van der Waals surface area contributed by atoms with Crippen LogP contribution in [0.1, 0.15) is 42.7 Å². The van der Waals surface area contributed by atoms with E-state index in [0.29, 0.717) is 18.5 Å². The summed E-state index contributed by atoms with van der Waals surface area (Å²) in [5.41, 5.74) is 2.70. The Morgan fingerprint density at radius 3 is 2.78 bits per heavy atom. The van der Waals surface area contributed by atoms with Crippen molar-refractivity contribution in [1.82, 2.24) is 9.88 Å². The van der Waals surface area contributed by atoms with E-state index in [-0.39, 0.29) is 5.91 Å². The van der Waals surface area contributed by atoms with Crippen molar-refractivity contribution in [1.29, 1.82) is 0 Å². The molecule has 1 aromatic carbocycles. The molecule has 2 rings (SSSR count). The molecule has 0 spiro atoms. The number of nitrogens with one attached hydrogen (secondary N) is 1. The number of aryl methyl sites for hydroxylation is 1. The van der Waals surface area contributed by atoms with Crippen LogP contribution in [0.2, 0.25) is 0 Å². The number of ether oxygens (including phenoxy) is 1. The van der Waals surface area contributed by atoms with Gasteiger partial charge in [-0.05, 0) is 44.9 Å². The van der Waals surface area contributed by atoms with Crippen LogP contribution in [0.15, 0.2) is 18.2 Å². The maximum Gasteiger partial charge on any atom is 0.253 e. The maximum atomic E-state index is 12.6. The molecule has 23 heavy (non-hydrogen) atoms. The molecule has 1 amide bonds. The standard InChI is InChI=1S/C18H26N2O3/c1-5-10-20-13(3)17(18(22)19-9-8-12(2)21)15-11-14(23-4)6-7-16(15)20/h6-7,11-12,21H,5,8-10H2,1-4H3,(H,19,22). The number of carbonyl (C=O) groups excluding carboxylic acids is 1. The number of aliphatic hydroxyl groups is 1. The number of rotatable bonds is 7. The number of hydrogen-bond acceptors (Lipinski definition) is 3. The lowest BCUT2D eigenvalue weighted by atomic mass is 10.1. The lowest BCUT2D eigenvalue weighted by Crippen LogP contribution is -2.27. The summed E-state index contributed by atoms with van der Waals surface area (Å²) in [4.78, 5) is 12.6. The van der Waals surface area contributed by atoms with Gasteiger partial charge in [0.2, 0.25) is 0 Å². The third-order valence-electron chi connectivity index (χ3n) is 4.05. The van der Waals surface area contributed by atoms with E-state index in [1.165, 1.54) is 0 Å². The Balaban J connectivity index is 2.43. The summed E-state index contributed by atoms with van der Waals surface area (Å²) in [6.45, 7) is 7.15. The fourth-order valence-electron chi connectivity index (χ4n) is 2.87. The van der Waals surface area contributed by atoms with Gasteiger partial charge in [0.1, 0.15) is 5.75 Å². The number of hydrogen-bond donors (Lipinski definition) is 2. The molecule has 1 atom stereocenters. The molecule has 0 aliphatic rings. The zero-order valence-electron chi connectivity index (χ0n) is 14.3. The summed E-state index contributed by atoms with van der Waals surface area (Å²) in [6, 6.07) is 5.84. The highest BCUT2D eigenvalue weighted by Gasteiger charge is 2.20. The van der Waals surface area contributed by atoms with Crippen LogP contribution in [0.25, 0.3) is 10.9 Å². The van der Waals surface area contributed by atoms with Crippen molar-refractivity contribution in [3.8, 4) is 5.75 Å². The van der Waals surface area contributed by atoms with E-state index >= 15 is 0 Å². The quantitative estimate of drug-likeness (QED) is 0.825. The lowest BCUT2D eigenvalue weighted by molar-refractivity contribution is 0.0946. The minimum atomic E-state index is -0.419. The molecule has 0 saturated carbocycles. The predicted molar refractivity (Wildman–Crippen MR) is 92.1 cm³/mol. The number of nitrogens with zero attached hydrogens (tertiary/aromatic N) is 1. The van der Waals surface area contributed by atoms with Gasteiger partial charge in [0.15, 0.2) is 0 Å². The molecule has 0 saturated heterocycles. The molecular weight excluding hydrogens is 292 g/mol. The Kier molecular flexibility index (Phi) is 5.66. The fourth-order valence-corrected chi connectivity index (χ4v) is 2.87. The molecule has 1 heterocycles. The Hall–Kier alpha value is -2.01. The number of fused-ring (bicyclic) bond motifs is 1. The Labute approximate surface area is 137 Å². The molecule has 2 N–H and O–H groups in total. The van der Waals surface area contributed by atoms with Crippen molar-refractivity contribution < 1.29 is 14.6 Å². The van der Waals surface area contributed by atoms with Crippen molar-refractivity contribution in [2.24, 2.45) is 0 Å². The van der Waals surface area contributed by atoms with E-state index in [9.17, 15) is 9.90 Å². The second-order valence-electron chi connectivity index (χ2n) is 5.89. The first kappa shape index (κ1) is 17.3. The molecule has 5 heteroatoms. The van der Waals surface area contributed by atoms with E-state index in [0.717, 1.165) is 35.3 Å². The lowest BCUT2D eigenvalue weighted by Gasteiger charge is -2.08. The van der Waals surface area contributed by atoms with Crippen molar-refractivity contribution in [3.63, 3.8) is 0 Å². The molecule has 1 unspecified atom stereocenters. The second kappa shape index (κ2) is 7.51. The van der Waals surface area contributed by atoms with Crippen LogP contribution in [0.4, 0.5) is 0 Å². The van der Waals surface area contributed by atoms with Crippen LogP contribution < -0.4 is 10.1 Å². The Morgan fingerprint density at radius 2 is 2.17 bits per heavy atom. The van der Waals surface area contributed by atoms with Crippen molar-refractivity contribution >= 4 is 16.8 Å². The molecule has 0 bridgehead atoms. The maximum absolute atomic E-state index is 12.6. The van der Waals surface area contributed by atoms with Crippen molar-refractivity contribution in [2.75, 3.05) is 13.7 Å². The molecule has 2 aromatic rings. The molecule has 1 aromatic heterocycles. The van der Waals surface area contributed by atoms with Gasteiger partial charge >= 0.3 is 0 Å². The zero-order valence-corrected chi connectivity index (χ0v) is 14.3. The summed E-state index contributed by atoms with van der Waals surface area (Å²) in [5, 5.41) is 13.1. The van der Waals surface area contributed by atoms with Gasteiger partial charge in [-0.15, -0.1) is 0 Å². The third kappa shape index (κ3) is 3.67. The highest BCUT2D eigenvalue weighted by atomic mass is 16.5. The minimum absolute atomic E-state index is 0.101. The van der Waals surface area contributed by atoms with Gasteiger partial charge in [-0.1, -0.05) is 6.92 Å². The van der Waals surface area contributed by atoms with E-state index in [4.69, 9.17) is 4.74 Å². The number of aromatic nitrogens is 1. The number of methoxy groups -OCH3 is 1. The summed E-state index contributed by atoms with van der Waals surface area (Å²) in [7, 11) is 1.62. The average Bonchev–Trinajstić information content (AvgIpc) is 2.79. The van der Waals surface area contributed by atoms with Crippen LogP contribution in [-0.2, 0) is 6.54 Å². The van der Waals surface area contributed by atoms with Crippen LogP contribution >= 0.6 is 0 Å². The topological polar surface area (TPSA) is 63.5 Å². The van der Waals surface area contributed by atoms with Gasteiger partial charge in [-0.25, -0.2) is 0 Å². The van der Waals surface area contributed by atoms with E-state index in [1.807, 2.05) is 25.1 Å². The number of carbonyl (C=O) groups is 1. The van der Waals surface area contributed by atoms with Gasteiger partial charge in [0, 0.05) is 29.7 Å². The number of benzene rings is 1. The average molecular weight is 318 g/mol. The minimum Gasteiger partial charge on any atom is -0.497 e. The van der Waals surface area contributed by atoms with E-state index < -0.39 is 6.10 Å². The molecule has 5 nitrogen and oxygen atoms in total. The second-order valence-corrected chi connectivity index (χ2v) is 5.89. The van der Waals surface area contributed by atoms with E-state index in [1.54, 1.807) is 14.0 Å². The van der Waals surface area contributed by atoms with Crippen LogP contribution in [0, 0.1) is 6.92 Å². The molecule has 126 valence electrons. The number of aliphatic hydroxyl groups excluding tert-OH is 1. The van der Waals surface area contributed by atoms with Gasteiger partial charge in [0.25, 0.3) is 5.91 Å². The van der Waals surface area contributed by atoms with Gasteiger partial charge in [-0.2, -0.15) is 0 Å². The van der Waals surface area contributed by atoms with Gasteiger partial charge in [0.05, 0.1) is 18.8 Å². The zero-order chi connectivity index (χ0) is 17.0. The summed E-state index contributed by atoms with van der Waals surface area (Å²) in [6.07, 6.45) is 1.12. The van der Waals surface area contributed by atoms with Gasteiger partial charge in [-0.3, -0.25) is 4.79 Å². The van der Waals surface area contributed by atoms with Crippen LogP contribution in [0.3, 0.4) is 0 Å². The predicted octanol–water partition coefficient (Wildman–Crippen LogP) is 2.87. The largest absolute Gasteiger partial charge is 0.497 e. The molecule has 0 radical (unpaired) electrons. The summed E-state index contributed by atoms with van der Waals surface area (Å²) >= 11 is 0. The molecular formula is C18H26N2O3. The van der Waals surface area contributed by atoms with Crippen LogP contribution in [0.5, 0.6) is 5.75 Å². The first-order valence-electron chi connectivity index (χ1n) is 8.12. The third-order valence-corrected chi connectivity index (χ3v) is 4.05. The summed E-state index contributed by atoms with van der Waals surface area (Å²) < 4.78 is 7.48.